The van der Waals surface area contributed by atoms with E-state index < -0.39 is 37.7 Å². The smallest absolute Gasteiger partial charge is 0.338 e. The molecule has 1 saturated heterocycles. The van der Waals surface area contributed by atoms with Crippen LogP contribution in [0.1, 0.15) is 22.3 Å². The highest BCUT2D eigenvalue weighted by molar-refractivity contribution is 7.92. The van der Waals surface area contributed by atoms with Gasteiger partial charge in [-0.15, -0.1) is 0 Å². The Labute approximate surface area is 172 Å². The minimum Gasteiger partial charge on any atom is -0.457 e. The van der Waals surface area contributed by atoms with Gasteiger partial charge in [0, 0.05) is 11.6 Å². The highest BCUT2D eigenvalue weighted by Gasteiger charge is 2.31. The molecule has 7 nitrogen and oxygen atoms in total. The molecular formula is C18H17ClFNO6S2. The van der Waals surface area contributed by atoms with Crippen LogP contribution in [0.25, 0.3) is 0 Å². The number of sulfone groups is 1. The fraction of sp³-hybridized carbons (Fsp3) is 0.278. The van der Waals surface area contributed by atoms with Crippen LogP contribution in [0.5, 0.6) is 0 Å². The molecule has 156 valence electrons. The van der Waals surface area contributed by atoms with Crippen molar-refractivity contribution in [1.82, 2.24) is 4.72 Å². The van der Waals surface area contributed by atoms with Crippen molar-refractivity contribution in [2.75, 3.05) is 11.5 Å². The van der Waals surface area contributed by atoms with E-state index in [1.807, 2.05) is 0 Å². The van der Waals surface area contributed by atoms with Crippen molar-refractivity contribution < 1.29 is 30.8 Å². The Morgan fingerprint density at radius 2 is 2.00 bits per heavy atom. The average molecular weight is 462 g/mol. The molecule has 2 aromatic rings. The second-order valence-electron chi connectivity index (χ2n) is 6.56. The lowest BCUT2D eigenvalue weighted by Crippen LogP contribution is -2.35. The number of hydrogen-bond donors (Lipinski definition) is 1. The number of hydrogen-bond acceptors (Lipinski definition) is 6. The number of ether oxygens (including phenoxy) is 1. The Morgan fingerprint density at radius 3 is 2.66 bits per heavy atom. The normalized spacial score (nSPS) is 18.5. The fourth-order valence-electron chi connectivity index (χ4n) is 2.83. The lowest BCUT2D eigenvalue weighted by molar-refractivity contribution is 0.0472. The summed E-state index contributed by atoms with van der Waals surface area (Å²) in [6.07, 6.45) is 0.196. The van der Waals surface area contributed by atoms with Crippen molar-refractivity contribution in [2.24, 2.45) is 0 Å². The van der Waals surface area contributed by atoms with Crippen LogP contribution < -0.4 is 4.72 Å². The summed E-state index contributed by atoms with van der Waals surface area (Å²) in [6.45, 7) is -0.215. The first-order valence-electron chi connectivity index (χ1n) is 8.50. The van der Waals surface area contributed by atoms with Crippen molar-refractivity contribution in [3.8, 4) is 0 Å². The second-order valence-corrected chi connectivity index (χ2v) is 10.9. The van der Waals surface area contributed by atoms with Crippen LogP contribution in [0, 0.1) is 5.82 Å². The number of esters is 1. The molecule has 0 bridgehead atoms. The molecule has 0 saturated carbocycles. The van der Waals surface area contributed by atoms with Gasteiger partial charge < -0.3 is 4.74 Å². The predicted octanol–water partition coefficient (Wildman–Crippen LogP) is 2.30. The van der Waals surface area contributed by atoms with E-state index in [1.165, 1.54) is 30.3 Å². The zero-order valence-electron chi connectivity index (χ0n) is 15.0. The molecule has 11 heteroatoms. The van der Waals surface area contributed by atoms with Crippen molar-refractivity contribution in [3.63, 3.8) is 0 Å². The fourth-order valence-corrected chi connectivity index (χ4v) is 6.15. The molecule has 1 atom stereocenters. The molecule has 29 heavy (non-hydrogen) atoms. The molecule has 1 fully saturated rings. The minimum atomic E-state index is -4.01. The first-order valence-corrected chi connectivity index (χ1v) is 12.2. The third kappa shape index (κ3) is 5.53. The SMILES string of the molecule is O=C(OCc1ccc(F)cc1Cl)c1cccc(S(=O)(=O)N[C@H]2CCS(=O)(=O)C2)c1. The van der Waals surface area contributed by atoms with Gasteiger partial charge in [0.15, 0.2) is 9.84 Å². The van der Waals surface area contributed by atoms with E-state index >= 15 is 0 Å². The van der Waals surface area contributed by atoms with E-state index in [0.717, 1.165) is 12.1 Å². The number of rotatable bonds is 6. The quantitative estimate of drug-likeness (QED) is 0.661. The molecule has 0 spiro atoms. The van der Waals surface area contributed by atoms with Crippen LogP contribution in [0.2, 0.25) is 5.02 Å². The third-order valence-corrected chi connectivity index (χ3v) is 7.95. The van der Waals surface area contributed by atoms with Gasteiger partial charge in [-0.1, -0.05) is 23.7 Å². The van der Waals surface area contributed by atoms with E-state index in [1.54, 1.807) is 0 Å². The molecule has 0 aromatic heterocycles. The van der Waals surface area contributed by atoms with E-state index in [4.69, 9.17) is 16.3 Å². The molecule has 0 amide bonds. The highest BCUT2D eigenvalue weighted by atomic mass is 35.5. The lowest BCUT2D eigenvalue weighted by atomic mass is 10.2. The third-order valence-electron chi connectivity index (χ3n) is 4.31. The Kier molecular flexibility index (Phi) is 6.27. The second kappa shape index (κ2) is 8.39. The van der Waals surface area contributed by atoms with E-state index in [0.29, 0.717) is 5.56 Å². The summed E-state index contributed by atoms with van der Waals surface area (Å²) in [4.78, 5) is 12.1. The molecule has 3 rings (SSSR count). The van der Waals surface area contributed by atoms with Gasteiger partial charge in [-0.2, -0.15) is 0 Å². The Balaban J connectivity index is 1.70. The van der Waals surface area contributed by atoms with Gasteiger partial charge >= 0.3 is 5.97 Å². The van der Waals surface area contributed by atoms with Gasteiger partial charge in [0.1, 0.15) is 12.4 Å². The van der Waals surface area contributed by atoms with E-state index in [2.05, 4.69) is 4.72 Å². The standard InChI is InChI=1S/C18H17ClFNO6S2/c19-17-9-14(20)5-4-13(17)10-27-18(22)12-2-1-3-16(8-12)29(25,26)21-15-6-7-28(23,24)11-15/h1-5,8-9,15,21H,6-7,10-11H2/t15-/m0/s1. The summed E-state index contributed by atoms with van der Waals surface area (Å²) in [5.41, 5.74) is 0.388. The molecule has 1 aliphatic rings. The van der Waals surface area contributed by atoms with Gasteiger partial charge in [-0.3, -0.25) is 0 Å². The van der Waals surface area contributed by atoms with Gasteiger partial charge in [0.2, 0.25) is 10.0 Å². The highest BCUT2D eigenvalue weighted by Crippen LogP contribution is 2.20. The van der Waals surface area contributed by atoms with Crippen LogP contribution in [-0.4, -0.2) is 40.4 Å². The Hall–Kier alpha value is -2.01. The summed E-state index contributed by atoms with van der Waals surface area (Å²) in [5.74, 6) is -1.64. The summed E-state index contributed by atoms with van der Waals surface area (Å²) in [5, 5.41) is 0.102. The summed E-state index contributed by atoms with van der Waals surface area (Å²) in [6, 6.07) is 8.13. The summed E-state index contributed by atoms with van der Waals surface area (Å²) >= 11 is 5.88. The zero-order chi connectivity index (χ0) is 21.2. The molecular weight excluding hydrogens is 445 g/mol. The molecule has 0 aliphatic carbocycles. The molecule has 2 aromatic carbocycles. The maximum absolute atomic E-state index is 13.1. The molecule has 0 unspecified atom stereocenters. The number of halogens is 2. The minimum absolute atomic E-state index is 0.00912. The number of carbonyl (C=O) groups is 1. The van der Waals surface area contributed by atoms with Crippen LogP contribution in [-0.2, 0) is 31.2 Å². The first-order chi connectivity index (χ1) is 13.6. The average Bonchev–Trinajstić information content (AvgIpc) is 2.98. The van der Waals surface area contributed by atoms with E-state index in [-0.39, 0.29) is 40.0 Å². The van der Waals surface area contributed by atoms with Crippen LogP contribution in [0.4, 0.5) is 4.39 Å². The number of carbonyl (C=O) groups excluding carboxylic acids is 1. The molecule has 1 heterocycles. The summed E-state index contributed by atoms with van der Waals surface area (Å²) < 4.78 is 68.6. The Morgan fingerprint density at radius 1 is 1.24 bits per heavy atom. The molecule has 0 radical (unpaired) electrons. The Bertz CT molecular complexity index is 1150. The van der Waals surface area contributed by atoms with Crippen molar-refractivity contribution in [2.45, 2.75) is 24.0 Å². The number of benzene rings is 2. The van der Waals surface area contributed by atoms with Crippen LogP contribution in [0.3, 0.4) is 0 Å². The molecule has 1 aliphatic heterocycles. The maximum Gasteiger partial charge on any atom is 0.338 e. The number of nitrogens with one attached hydrogen (secondary N) is 1. The summed E-state index contributed by atoms with van der Waals surface area (Å²) in [7, 11) is -7.26. The van der Waals surface area contributed by atoms with E-state index in [9.17, 15) is 26.0 Å². The molecule has 1 N–H and O–H groups in total. The van der Waals surface area contributed by atoms with Crippen molar-refractivity contribution in [3.05, 3.63) is 64.4 Å². The van der Waals surface area contributed by atoms with Gasteiger partial charge in [-0.05, 0) is 36.8 Å². The largest absolute Gasteiger partial charge is 0.457 e. The maximum atomic E-state index is 13.1. The number of sulfonamides is 1. The predicted molar refractivity (Wildman–Crippen MR) is 104 cm³/mol. The lowest BCUT2D eigenvalue weighted by Gasteiger charge is -2.12. The first kappa shape index (κ1) is 21.7. The van der Waals surface area contributed by atoms with Gasteiger partial charge in [0.25, 0.3) is 0 Å². The van der Waals surface area contributed by atoms with Crippen LogP contribution >= 0.6 is 11.6 Å². The topological polar surface area (TPSA) is 107 Å². The monoisotopic (exact) mass is 461 g/mol. The van der Waals surface area contributed by atoms with Crippen molar-refractivity contribution >= 4 is 37.4 Å². The van der Waals surface area contributed by atoms with Gasteiger partial charge in [-0.25, -0.2) is 30.7 Å². The van der Waals surface area contributed by atoms with Crippen molar-refractivity contribution in [1.29, 1.82) is 0 Å². The zero-order valence-corrected chi connectivity index (χ0v) is 17.4. The van der Waals surface area contributed by atoms with Crippen LogP contribution in [0.15, 0.2) is 47.4 Å². The van der Waals surface area contributed by atoms with Gasteiger partial charge in [0.05, 0.1) is 27.0 Å².